The van der Waals surface area contributed by atoms with Crippen molar-refractivity contribution >= 4 is 27.5 Å². The average Bonchev–Trinajstić information content (AvgIpc) is 3.18. The Morgan fingerprint density at radius 3 is 2.69 bits per heavy atom. The molecule has 0 saturated heterocycles. The molecule has 3 aromatic rings. The van der Waals surface area contributed by atoms with Gasteiger partial charge in [-0.05, 0) is 36.8 Å². The van der Waals surface area contributed by atoms with Crippen molar-refractivity contribution in [3.05, 3.63) is 69.4 Å². The third-order valence-corrected chi connectivity index (χ3v) is 4.97. The Labute approximate surface area is 175 Å². The Kier molecular flexibility index (Phi) is 5.62. The number of halogens is 1. The molecule has 2 aromatic carbocycles. The highest BCUT2D eigenvalue weighted by Gasteiger charge is 2.14. The third kappa shape index (κ3) is 4.65. The lowest BCUT2D eigenvalue weighted by Gasteiger charge is -2.08. The number of nitrogens with zero attached hydrogens (tertiary/aromatic N) is 2. The molecule has 0 radical (unpaired) electrons. The fraction of sp³-hybridized carbons (Fsp3) is 0.190. The van der Waals surface area contributed by atoms with Crippen LogP contribution < -0.4 is 20.3 Å². The fourth-order valence-corrected chi connectivity index (χ4v) is 3.24. The number of hydrogen-bond donors (Lipinski definition) is 1. The van der Waals surface area contributed by atoms with Crippen LogP contribution in [0.25, 0.3) is 11.3 Å². The Balaban J connectivity index is 1.35. The minimum Gasteiger partial charge on any atom is -0.454 e. The van der Waals surface area contributed by atoms with Crippen LogP contribution >= 0.6 is 15.9 Å². The van der Waals surface area contributed by atoms with Crippen molar-refractivity contribution in [2.75, 3.05) is 12.1 Å². The highest BCUT2D eigenvalue weighted by atomic mass is 79.9. The molecule has 1 N–H and O–H groups in total. The Morgan fingerprint density at radius 1 is 1.07 bits per heavy atom. The summed E-state index contributed by atoms with van der Waals surface area (Å²) in [6.45, 7) is 0.547. The van der Waals surface area contributed by atoms with Crippen LogP contribution in [0.2, 0.25) is 0 Å². The van der Waals surface area contributed by atoms with Gasteiger partial charge in [-0.3, -0.25) is 9.59 Å². The maximum Gasteiger partial charge on any atom is 0.266 e. The molecule has 2 heterocycles. The Hall–Kier alpha value is -3.13. The van der Waals surface area contributed by atoms with Gasteiger partial charge in [0.05, 0.1) is 5.69 Å². The van der Waals surface area contributed by atoms with E-state index in [1.807, 2.05) is 24.3 Å². The zero-order chi connectivity index (χ0) is 20.2. The summed E-state index contributed by atoms with van der Waals surface area (Å²) < 4.78 is 12.9. The van der Waals surface area contributed by atoms with Gasteiger partial charge in [-0.1, -0.05) is 28.1 Å². The van der Waals surface area contributed by atoms with E-state index >= 15 is 0 Å². The number of rotatable bonds is 6. The molecule has 0 unspecified atom stereocenters. The summed E-state index contributed by atoms with van der Waals surface area (Å²) in [7, 11) is 0. The van der Waals surface area contributed by atoms with E-state index in [0.717, 1.165) is 10.0 Å². The van der Waals surface area contributed by atoms with Gasteiger partial charge in [-0.2, -0.15) is 5.10 Å². The summed E-state index contributed by atoms with van der Waals surface area (Å²) >= 11 is 3.40. The predicted octanol–water partition coefficient (Wildman–Crippen LogP) is 3.82. The molecule has 0 saturated carbocycles. The largest absolute Gasteiger partial charge is 0.454 e. The van der Waals surface area contributed by atoms with Crippen molar-refractivity contribution < 1.29 is 14.3 Å². The van der Waals surface area contributed by atoms with Crippen LogP contribution in [0, 0.1) is 0 Å². The molecule has 0 spiro atoms. The van der Waals surface area contributed by atoms with Crippen LogP contribution in [0.1, 0.15) is 12.8 Å². The monoisotopic (exact) mass is 455 g/mol. The van der Waals surface area contributed by atoms with E-state index < -0.39 is 0 Å². The molecule has 148 valence electrons. The lowest BCUT2D eigenvalue weighted by molar-refractivity contribution is -0.116. The van der Waals surface area contributed by atoms with Crippen LogP contribution in [-0.4, -0.2) is 22.5 Å². The molecular weight excluding hydrogens is 438 g/mol. The predicted molar refractivity (Wildman–Crippen MR) is 112 cm³/mol. The van der Waals surface area contributed by atoms with Crippen molar-refractivity contribution in [1.82, 2.24) is 9.78 Å². The lowest BCUT2D eigenvalue weighted by atomic mass is 10.1. The number of carbonyl (C=O) groups excluding carboxylic acids is 1. The number of amides is 1. The highest BCUT2D eigenvalue weighted by Crippen LogP contribution is 2.34. The topological polar surface area (TPSA) is 82.5 Å². The van der Waals surface area contributed by atoms with Gasteiger partial charge in [0.1, 0.15) is 0 Å². The Morgan fingerprint density at radius 2 is 1.86 bits per heavy atom. The van der Waals surface area contributed by atoms with E-state index in [1.54, 1.807) is 24.3 Å². The minimum absolute atomic E-state index is 0.138. The standard InChI is InChI=1S/C21H18BrN3O4/c22-15-5-3-14(4-6-15)17-8-10-21(27)25(24-17)11-1-2-20(26)23-16-7-9-18-19(12-16)29-13-28-18/h3-10,12H,1-2,11,13H2,(H,23,26). The van der Waals surface area contributed by atoms with Crippen LogP contribution in [0.15, 0.2) is 63.9 Å². The first-order chi connectivity index (χ1) is 14.1. The first-order valence-corrected chi connectivity index (χ1v) is 9.91. The summed E-state index contributed by atoms with van der Waals surface area (Å²) in [6.07, 6.45) is 0.762. The van der Waals surface area contributed by atoms with Gasteiger partial charge < -0.3 is 14.8 Å². The molecular formula is C21H18BrN3O4. The molecule has 0 atom stereocenters. The summed E-state index contributed by atoms with van der Waals surface area (Å²) in [6, 6.07) is 16.2. The first kappa shape index (κ1) is 19.2. The van der Waals surface area contributed by atoms with Gasteiger partial charge in [0, 0.05) is 40.8 Å². The number of hydrogen-bond acceptors (Lipinski definition) is 5. The summed E-state index contributed by atoms with van der Waals surface area (Å²) in [4.78, 5) is 24.3. The summed E-state index contributed by atoms with van der Waals surface area (Å²) in [5.74, 6) is 1.14. The van der Waals surface area contributed by atoms with E-state index in [1.165, 1.54) is 10.7 Å². The molecule has 7 nitrogen and oxygen atoms in total. The molecule has 1 aliphatic heterocycles. The SMILES string of the molecule is O=C(CCCn1nc(-c2ccc(Br)cc2)ccc1=O)Nc1ccc2c(c1)OCO2. The van der Waals surface area contributed by atoms with E-state index in [-0.39, 0.29) is 24.7 Å². The molecule has 1 aromatic heterocycles. The van der Waals surface area contributed by atoms with Gasteiger partial charge in [0.25, 0.3) is 5.56 Å². The maximum atomic E-state index is 12.2. The van der Waals surface area contributed by atoms with Crippen LogP contribution in [-0.2, 0) is 11.3 Å². The number of fused-ring (bicyclic) bond motifs is 1. The van der Waals surface area contributed by atoms with E-state index in [0.29, 0.717) is 35.8 Å². The molecule has 1 aliphatic rings. The van der Waals surface area contributed by atoms with Crippen molar-refractivity contribution in [2.24, 2.45) is 0 Å². The average molecular weight is 456 g/mol. The number of nitrogens with one attached hydrogen (secondary N) is 1. The van der Waals surface area contributed by atoms with Crippen LogP contribution in [0.5, 0.6) is 11.5 Å². The highest BCUT2D eigenvalue weighted by molar-refractivity contribution is 9.10. The molecule has 0 fully saturated rings. The smallest absolute Gasteiger partial charge is 0.266 e. The Bertz CT molecular complexity index is 1100. The summed E-state index contributed by atoms with van der Waals surface area (Å²) in [5.41, 5.74) is 2.08. The van der Waals surface area contributed by atoms with Gasteiger partial charge in [0.2, 0.25) is 12.7 Å². The molecule has 0 aliphatic carbocycles. The van der Waals surface area contributed by atoms with E-state index in [9.17, 15) is 9.59 Å². The minimum atomic E-state index is -0.193. The number of aromatic nitrogens is 2. The molecule has 1 amide bonds. The van der Waals surface area contributed by atoms with Crippen molar-refractivity contribution in [3.63, 3.8) is 0 Å². The first-order valence-electron chi connectivity index (χ1n) is 9.12. The second-order valence-corrected chi connectivity index (χ2v) is 7.42. The molecule has 29 heavy (non-hydrogen) atoms. The number of aryl methyl sites for hydroxylation is 1. The zero-order valence-corrected chi connectivity index (χ0v) is 17.0. The van der Waals surface area contributed by atoms with Crippen LogP contribution in [0.3, 0.4) is 0 Å². The molecule has 4 rings (SSSR count). The number of anilines is 1. The third-order valence-electron chi connectivity index (χ3n) is 4.44. The molecule has 0 bridgehead atoms. The van der Waals surface area contributed by atoms with Crippen molar-refractivity contribution in [2.45, 2.75) is 19.4 Å². The molecule has 8 heteroatoms. The van der Waals surface area contributed by atoms with E-state index in [2.05, 4.69) is 26.3 Å². The number of ether oxygens (including phenoxy) is 2. The van der Waals surface area contributed by atoms with Crippen molar-refractivity contribution in [1.29, 1.82) is 0 Å². The van der Waals surface area contributed by atoms with Crippen LogP contribution in [0.4, 0.5) is 5.69 Å². The van der Waals surface area contributed by atoms with Gasteiger partial charge in [-0.15, -0.1) is 0 Å². The normalized spacial score (nSPS) is 12.0. The van der Waals surface area contributed by atoms with Gasteiger partial charge in [0.15, 0.2) is 11.5 Å². The van der Waals surface area contributed by atoms with Gasteiger partial charge >= 0.3 is 0 Å². The quantitative estimate of drug-likeness (QED) is 0.610. The second-order valence-electron chi connectivity index (χ2n) is 6.51. The van der Waals surface area contributed by atoms with Crippen molar-refractivity contribution in [3.8, 4) is 22.8 Å². The fourth-order valence-electron chi connectivity index (χ4n) is 2.97. The zero-order valence-electron chi connectivity index (χ0n) is 15.4. The second kappa shape index (κ2) is 8.48. The number of carbonyl (C=O) groups is 1. The van der Waals surface area contributed by atoms with Gasteiger partial charge in [-0.25, -0.2) is 4.68 Å². The summed E-state index contributed by atoms with van der Waals surface area (Å²) in [5, 5.41) is 7.25. The lowest BCUT2D eigenvalue weighted by Crippen LogP contribution is -2.23. The maximum absolute atomic E-state index is 12.2. The van der Waals surface area contributed by atoms with E-state index in [4.69, 9.17) is 9.47 Å². The number of benzene rings is 2.